The number of aromatic nitrogens is 1. The summed E-state index contributed by atoms with van der Waals surface area (Å²) in [5.41, 5.74) is 6.47. The second kappa shape index (κ2) is 7.19. The van der Waals surface area contributed by atoms with Crippen molar-refractivity contribution in [2.75, 3.05) is 0 Å². The number of nitrogens with zero attached hydrogens (tertiary/aromatic N) is 1. The molecule has 1 amide bonds. The van der Waals surface area contributed by atoms with Crippen molar-refractivity contribution >= 4 is 23.2 Å². The van der Waals surface area contributed by atoms with Crippen LogP contribution in [0.25, 0.3) is 0 Å². The molecule has 1 aromatic rings. The Hall–Kier alpha value is -1.69. The molecule has 5 nitrogen and oxygen atoms in total. The molecule has 6 heteroatoms. The van der Waals surface area contributed by atoms with E-state index in [1.165, 1.54) is 19.3 Å². The highest BCUT2D eigenvalue weighted by molar-refractivity contribution is 7.80. The van der Waals surface area contributed by atoms with Crippen molar-refractivity contribution in [2.24, 2.45) is 0 Å². The first-order valence-electron chi connectivity index (χ1n) is 6.95. The van der Waals surface area contributed by atoms with Gasteiger partial charge in [-0.3, -0.25) is 15.6 Å². The maximum atomic E-state index is 11.9. The van der Waals surface area contributed by atoms with E-state index in [1.807, 2.05) is 13.0 Å². The smallest absolute Gasteiger partial charge is 0.288 e. The minimum Gasteiger partial charge on any atom is -0.359 e. The number of thiocarbonyl (C=S) groups is 1. The van der Waals surface area contributed by atoms with Crippen LogP contribution in [0.2, 0.25) is 0 Å². The summed E-state index contributed by atoms with van der Waals surface area (Å²) >= 11 is 5.17. The normalized spacial score (nSPS) is 15.4. The van der Waals surface area contributed by atoms with Crippen molar-refractivity contribution in [3.63, 3.8) is 0 Å². The Morgan fingerprint density at radius 2 is 2.00 bits per heavy atom. The van der Waals surface area contributed by atoms with Gasteiger partial charge in [-0.1, -0.05) is 25.3 Å². The highest BCUT2D eigenvalue weighted by Gasteiger charge is 2.14. The zero-order valence-corrected chi connectivity index (χ0v) is 12.4. The summed E-state index contributed by atoms with van der Waals surface area (Å²) in [6.45, 7) is 1.85. The fourth-order valence-corrected chi connectivity index (χ4v) is 2.53. The molecule has 2 rings (SSSR count). The number of hydrazine groups is 1. The molecule has 1 aliphatic carbocycles. The molecule has 1 aliphatic rings. The van der Waals surface area contributed by atoms with Crippen LogP contribution in [0.5, 0.6) is 0 Å². The van der Waals surface area contributed by atoms with Gasteiger partial charge in [0.2, 0.25) is 0 Å². The fourth-order valence-electron chi connectivity index (χ4n) is 2.32. The van der Waals surface area contributed by atoms with E-state index in [-0.39, 0.29) is 5.91 Å². The van der Waals surface area contributed by atoms with E-state index >= 15 is 0 Å². The quantitative estimate of drug-likeness (QED) is 0.573. The molecule has 108 valence electrons. The zero-order valence-electron chi connectivity index (χ0n) is 11.6. The fraction of sp³-hybridized carbons (Fsp3) is 0.500. The first-order valence-corrected chi connectivity index (χ1v) is 7.36. The van der Waals surface area contributed by atoms with Crippen LogP contribution in [-0.4, -0.2) is 22.0 Å². The lowest BCUT2D eigenvalue weighted by Gasteiger charge is -2.24. The average Bonchev–Trinajstić information content (AvgIpc) is 2.46. The van der Waals surface area contributed by atoms with Gasteiger partial charge in [0.1, 0.15) is 5.69 Å². The summed E-state index contributed by atoms with van der Waals surface area (Å²) in [7, 11) is 0. The van der Waals surface area contributed by atoms with Gasteiger partial charge in [-0.2, -0.15) is 0 Å². The van der Waals surface area contributed by atoms with Gasteiger partial charge in [0.25, 0.3) is 5.91 Å². The predicted octanol–water partition coefficient (Wildman–Crippen LogP) is 1.83. The van der Waals surface area contributed by atoms with Crippen LogP contribution < -0.4 is 16.2 Å². The van der Waals surface area contributed by atoms with E-state index in [9.17, 15) is 4.79 Å². The van der Waals surface area contributed by atoms with Crippen molar-refractivity contribution in [3.8, 4) is 0 Å². The topological polar surface area (TPSA) is 66.1 Å². The maximum Gasteiger partial charge on any atom is 0.288 e. The lowest BCUT2D eigenvalue weighted by Crippen LogP contribution is -2.50. The molecular formula is C14H20N4OS. The predicted molar refractivity (Wildman–Crippen MR) is 82.2 cm³/mol. The summed E-state index contributed by atoms with van der Waals surface area (Å²) in [6, 6.07) is 5.73. The number of amides is 1. The molecule has 0 radical (unpaired) electrons. The van der Waals surface area contributed by atoms with E-state index in [0.717, 1.165) is 18.5 Å². The Balaban J connectivity index is 1.76. The van der Waals surface area contributed by atoms with Gasteiger partial charge in [0, 0.05) is 11.7 Å². The summed E-state index contributed by atoms with van der Waals surface area (Å²) < 4.78 is 0. The molecule has 1 aromatic heterocycles. The lowest BCUT2D eigenvalue weighted by molar-refractivity contribution is 0.0938. The second-order valence-corrected chi connectivity index (χ2v) is 5.46. The molecule has 0 spiro atoms. The molecule has 1 fully saturated rings. The Morgan fingerprint density at radius 3 is 2.70 bits per heavy atom. The van der Waals surface area contributed by atoms with Crippen molar-refractivity contribution in [2.45, 2.75) is 45.1 Å². The van der Waals surface area contributed by atoms with Crippen LogP contribution in [0.1, 0.15) is 48.3 Å². The van der Waals surface area contributed by atoms with Gasteiger partial charge in [-0.15, -0.1) is 0 Å². The lowest BCUT2D eigenvalue weighted by atomic mass is 9.96. The number of aryl methyl sites for hydroxylation is 1. The highest BCUT2D eigenvalue weighted by Crippen LogP contribution is 2.17. The monoisotopic (exact) mass is 292 g/mol. The molecule has 0 atom stereocenters. The average molecular weight is 292 g/mol. The standard InChI is InChI=1S/C14H20N4OS/c1-10-6-5-9-12(15-10)13(19)17-18-14(20)16-11-7-3-2-4-8-11/h5-6,9,11H,2-4,7-8H2,1H3,(H,17,19)(H2,16,18,20). The zero-order chi connectivity index (χ0) is 14.4. The van der Waals surface area contributed by atoms with Crippen LogP contribution in [0.15, 0.2) is 18.2 Å². The molecular weight excluding hydrogens is 272 g/mol. The SMILES string of the molecule is Cc1cccc(C(=O)NNC(=S)NC2CCCCC2)n1. The molecule has 0 unspecified atom stereocenters. The van der Waals surface area contributed by atoms with Crippen LogP contribution in [-0.2, 0) is 0 Å². The number of carbonyl (C=O) groups is 1. The maximum absolute atomic E-state index is 11.9. The Labute approximate surface area is 124 Å². The summed E-state index contributed by atoms with van der Waals surface area (Å²) in [5, 5.41) is 3.68. The van der Waals surface area contributed by atoms with Gasteiger partial charge in [0.15, 0.2) is 5.11 Å². The molecule has 1 saturated carbocycles. The van der Waals surface area contributed by atoms with E-state index < -0.39 is 0 Å². The number of pyridine rings is 1. The Bertz CT molecular complexity index is 486. The van der Waals surface area contributed by atoms with E-state index in [2.05, 4.69) is 21.2 Å². The van der Waals surface area contributed by atoms with Crippen molar-refractivity contribution in [1.82, 2.24) is 21.2 Å². The minimum absolute atomic E-state index is 0.290. The molecule has 0 saturated heterocycles. The highest BCUT2D eigenvalue weighted by atomic mass is 32.1. The third kappa shape index (κ3) is 4.45. The molecule has 0 aromatic carbocycles. The van der Waals surface area contributed by atoms with Crippen LogP contribution in [0, 0.1) is 6.92 Å². The molecule has 0 aliphatic heterocycles. The Kier molecular flexibility index (Phi) is 5.29. The molecule has 3 N–H and O–H groups in total. The van der Waals surface area contributed by atoms with E-state index in [0.29, 0.717) is 16.8 Å². The van der Waals surface area contributed by atoms with E-state index in [4.69, 9.17) is 12.2 Å². The number of nitrogens with one attached hydrogen (secondary N) is 3. The number of hydrogen-bond acceptors (Lipinski definition) is 3. The third-order valence-electron chi connectivity index (χ3n) is 3.35. The molecule has 0 bridgehead atoms. The van der Waals surface area contributed by atoms with Gasteiger partial charge in [-0.25, -0.2) is 4.98 Å². The van der Waals surface area contributed by atoms with Crippen molar-refractivity contribution in [1.29, 1.82) is 0 Å². The first-order chi connectivity index (χ1) is 9.65. The van der Waals surface area contributed by atoms with Crippen LogP contribution >= 0.6 is 12.2 Å². The van der Waals surface area contributed by atoms with Crippen molar-refractivity contribution < 1.29 is 4.79 Å². The summed E-state index contributed by atoms with van der Waals surface area (Å²) in [5.74, 6) is -0.290. The van der Waals surface area contributed by atoms with E-state index in [1.54, 1.807) is 12.1 Å². The molecule has 1 heterocycles. The van der Waals surface area contributed by atoms with Gasteiger partial charge >= 0.3 is 0 Å². The van der Waals surface area contributed by atoms with Gasteiger partial charge in [-0.05, 0) is 44.1 Å². The largest absolute Gasteiger partial charge is 0.359 e. The van der Waals surface area contributed by atoms with Gasteiger partial charge in [0.05, 0.1) is 0 Å². The van der Waals surface area contributed by atoms with Crippen LogP contribution in [0.3, 0.4) is 0 Å². The first kappa shape index (κ1) is 14.7. The molecule has 20 heavy (non-hydrogen) atoms. The summed E-state index contributed by atoms with van der Waals surface area (Å²) in [6.07, 6.45) is 6.04. The van der Waals surface area contributed by atoms with Crippen LogP contribution in [0.4, 0.5) is 0 Å². The third-order valence-corrected chi connectivity index (χ3v) is 3.57. The van der Waals surface area contributed by atoms with Gasteiger partial charge < -0.3 is 5.32 Å². The Morgan fingerprint density at radius 1 is 1.25 bits per heavy atom. The second-order valence-electron chi connectivity index (χ2n) is 5.05. The van der Waals surface area contributed by atoms with Crippen molar-refractivity contribution in [3.05, 3.63) is 29.6 Å². The summed E-state index contributed by atoms with van der Waals surface area (Å²) in [4.78, 5) is 16.0. The minimum atomic E-state index is -0.290. The number of carbonyl (C=O) groups excluding carboxylic acids is 1. The number of rotatable bonds is 2. The number of hydrogen-bond donors (Lipinski definition) is 3.